The van der Waals surface area contributed by atoms with Crippen molar-refractivity contribution < 1.29 is 4.74 Å². The third-order valence-electron chi connectivity index (χ3n) is 3.37. The molecule has 1 rings (SSSR count). The van der Waals surface area contributed by atoms with E-state index in [1.165, 1.54) is 5.56 Å². The van der Waals surface area contributed by atoms with E-state index in [9.17, 15) is 0 Å². The molecule has 108 valence electrons. The van der Waals surface area contributed by atoms with E-state index >= 15 is 0 Å². The Hall–Kier alpha value is -0.860. The van der Waals surface area contributed by atoms with Gasteiger partial charge in [0.2, 0.25) is 0 Å². The van der Waals surface area contributed by atoms with Gasteiger partial charge in [-0.1, -0.05) is 51.1 Å². The van der Waals surface area contributed by atoms with Crippen molar-refractivity contribution in [2.45, 2.75) is 52.7 Å². The van der Waals surface area contributed by atoms with Gasteiger partial charge in [0.1, 0.15) is 0 Å². The zero-order chi connectivity index (χ0) is 14.3. The smallest absolute Gasteiger partial charge is 0.0956 e. The highest BCUT2D eigenvalue weighted by Crippen LogP contribution is 2.25. The lowest BCUT2D eigenvalue weighted by molar-refractivity contribution is -0.0745. The molecule has 0 heterocycles. The first-order valence-corrected chi connectivity index (χ1v) is 7.38. The first-order chi connectivity index (χ1) is 8.94. The van der Waals surface area contributed by atoms with Crippen LogP contribution in [-0.2, 0) is 4.74 Å². The van der Waals surface area contributed by atoms with Gasteiger partial charge in [0, 0.05) is 6.54 Å². The van der Waals surface area contributed by atoms with Crippen LogP contribution in [0.3, 0.4) is 0 Å². The van der Waals surface area contributed by atoms with E-state index in [4.69, 9.17) is 4.74 Å². The van der Waals surface area contributed by atoms with E-state index in [1.807, 2.05) is 6.07 Å². The Morgan fingerprint density at radius 2 is 1.74 bits per heavy atom. The molecular formula is C17H29NO. The molecule has 1 N–H and O–H groups in total. The van der Waals surface area contributed by atoms with E-state index in [2.05, 4.69) is 64.2 Å². The quantitative estimate of drug-likeness (QED) is 0.759. The SMILES string of the molecule is CCC(C)(C)OC(CNCC(C)C)c1ccccc1. The molecule has 0 aliphatic rings. The fourth-order valence-electron chi connectivity index (χ4n) is 1.87. The molecule has 0 aromatic heterocycles. The molecule has 0 saturated carbocycles. The molecule has 0 bridgehead atoms. The molecule has 0 amide bonds. The van der Waals surface area contributed by atoms with Crippen LogP contribution < -0.4 is 5.32 Å². The second-order valence-electron chi connectivity index (χ2n) is 6.18. The first kappa shape index (κ1) is 16.2. The Morgan fingerprint density at radius 3 is 2.26 bits per heavy atom. The summed E-state index contributed by atoms with van der Waals surface area (Å²) in [4.78, 5) is 0. The lowest BCUT2D eigenvalue weighted by Gasteiger charge is -2.30. The Bertz CT molecular complexity index is 346. The molecule has 1 unspecified atom stereocenters. The number of rotatable bonds is 8. The van der Waals surface area contributed by atoms with E-state index in [0.29, 0.717) is 5.92 Å². The molecule has 0 radical (unpaired) electrons. The topological polar surface area (TPSA) is 21.3 Å². The summed E-state index contributed by atoms with van der Waals surface area (Å²) < 4.78 is 6.29. The van der Waals surface area contributed by atoms with Crippen LogP contribution in [-0.4, -0.2) is 18.7 Å². The number of benzene rings is 1. The van der Waals surface area contributed by atoms with Crippen LogP contribution >= 0.6 is 0 Å². The van der Waals surface area contributed by atoms with E-state index in [0.717, 1.165) is 19.5 Å². The number of hydrogen-bond acceptors (Lipinski definition) is 2. The molecule has 0 fully saturated rings. The van der Waals surface area contributed by atoms with Crippen molar-refractivity contribution in [1.29, 1.82) is 0 Å². The summed E-state index contributed by atoms with van der Waals surface area (Å²) >= 11 is 0. The van der Waals surface area contributed by atoms with Crippen molar-refractivity contribution >= 4 is 0 Å². The monoisotopic (exact) mass is 263 g/mol. The van der Waals surface area contributed by atoms with Gasteiger partial charge < -0.3 is 10.1 Å². The fourth-order valence-corrected chi connectivity index (χ4v) is 1.87. The number of ether oxygens (including phenoxy) is 1. The summed E-state index contributed by atoms with van der Waals surface area (Å²) in [7, 11) is 0. The van der Waals surface area contributed by atoms with Gasteiger partial charge in [0.05, 0.1) is 11.7 Å². The molecule has 0 aliphatic carbocycles. The molecule has 1 aromatic rings. The van der Waals surface area contributed by atoms with Gasteiger partial charge in [-0.15, -0.1) is 0 Å². The van der Waals surface area contributed by atoms with Crippen LogP contribution in [0.2, 0.25) is 0 Å². The highest BCUT2D eigenvalue weighted by molar-refractivity contribution is 5.18. The lowest BCUT2D eigenvalue weighted by Crippen LogP contribution is -2.33. The highest BCUT2D eigenvalue weighted by atomic mass is 16.5. The summed E-state index contributed by atoms with van der Waals surface area (Å²) in [6.07, 6.45) is 1.13. The van der Waals surface area contributed by atoms with Gasteiger partial charge in [-0.05, 0) is 38.3 Å². The predicted molar refractivity (Wildman–Crippen MR) is 82.3 cm³/mol. The van der Waals surface area contributed by atoms with Crippen molar-refractivity contribution in [2.75, 3.05) is 13.1 Å². The van der Waals surface area contributed by atoms with Crippen LogP contribution in [0.25, 0.3) is 0 Å². The minimum atomic E-state index is -0.0833. The minimum absolute atomic E-state index is 0.0833. The molecule has 1 aromatic carbocycles. The van der Waals surface area contributed by atoms with Crippen molar-refractivity contribution in [3.05, 3.63) is 35.9 Å². The van der Waals surface area contributed by atoms with Gasteiger partial charge in [0.15, 0.2) is 0 Å². The molecule has 0 spiro atoms. The third-order valence-corrected chi connectivity index (χ3v) is 3.37. The highest BCUT2D eigenvalue weighted by Gasteiger charge is 2.22. The Labute approximate surface area is 118 Å². The fraction of sp³-hybridized carbons (Fsp3) is 0.647. The van der Waals surface area contributed by atoms with E-state index in [-0.39, 0.29) is 11.7 Å². The van der Waals surface area contributed by atoms with Gasteiger partial charge in [-0.2, -0.15) is 0 Å². The van der Waals surface area contributed by atoms with Crippen LogP contribution in [0.5, 0.6) is 0 Å². The maximum absolute atomic E-state index is 6.29. The molecule has 0 saturated heterocycles. The lowest BCUT2D eigenvalue weighted by atomic mass is 10.0. The van der Waals surface area contributed by atoms with Crippen LogP contribution in [0.15, 0.2) is 30.3 Å². The van der Waals surface area contributed by atoms with Crippen molar-refractivity contribution in [3.63, 3.8) is 0 Å². The summed E-state index contributed by atoms with van der Waals surface area (Å²) in [5, 5.41) is 3.51. The largest absolute Gasteiger partial charge is 0.366 e. The van der Waals surface area contributed by atoms with E-state index in [1.54, 1.807) is 0 Å². The van der Waals surface area contributed by atoms with Crippen LogP contribution in [0.4, 0.5) is 0 Å². The summed E-state index contributed by atoms with van der Waals surface area (Å²) in [6, 6.07) is 10.5. The van der Waals surface area contributed by atoms with Crippen molar-refractivity contribution in [1.82, 2.24) is 5.32 Å². The van der Waals surface area contributed by atoms with Gasteiger partial charge >= 0.3 is 0 Å². The Morgan fingerprint density at radius 1 is 1.11 bits per heavy atom. The molecular weight excluding hydrogens is 234 g/mol. The van der Waals surface area contributed by atoms with Crippen molar-refractivity contribution in [3.8, 4) is 0 Å². The first-order valence-electron chi connectivity index (χ1n) is 7.38. The number of hydrogen-bond donors (Lipinski definition) is 1. The second kappa shape index (κ2) is 7.66. The summed E-state index contributed by atoms with van der Waals surface area (Å²) in [5.41, 5.74) is 1.17. The zero-order valence-corrected chi connectivity index (χ0v) is 13.1. The second-order valence-corrected chi connectivity index (χ2v) is 6.18. The maximum atomic E-state index is 6.29. The molecule has 2 heteroatoms. The summed E-state index contributed by atoms with van der Waals surface area (Å²) in [5.74, 6) is 0.663. The van der Waals surface area contributed by atoms with Gasteiger partial charge in [0.25, 0.3) is 0 Å². The molecule has 1 atom stereocenters. The molecule has 19 heavy (non-hydrogen) atoms. The Balaban J connectivity index is 2.68. The van der Waals surface area contributed by atoms with Gasteiger partial charge in [-0.25, -0.2) is 0 Å². The summed E-state index contributed by atoms with van der Waals surface area (Å²) in [6.45, 7) is 12.8. The van der Waals surface area contributed by atoms with Crippen LogP contribution in [0, 0.1) is 5.92 Å². The molecule has 2 nitrogen and oxygen atoms in total. The normalized spacial score (nSPS) is 13.8. The minimum Gasteiger partial charge on any atom is -0.366 e. The maximum Gasteiger partial charge on any atom is 0.0956 e. The molecule has 0 aliphatic heterocycles. The predicted octanol–water partition coefficient (Wildman–Crippen LogP) is 4.18. The van der Waals surface area contributed by atoms with E-state index < -0.39 is 0 Å². The Kier molecular flexibility index (Phi) is 6.53. The van der Waals surface area contributed by atoms with Gasteiger partial charge in [-0.3, -0.25) is 0 Å². The zero-order valence-electron chi connectivity index (χ0n) is 13.1. The van der Waals surface area contributed by atoms with Crippen LogP contribution in [0.1, 0.15) is 52.7 Å². The number of nitrogens with one attached hydrogen (secondary N) is 1. The standard InChI is InChI=1S/C17H29NO/c1-6-17(4,5)19-16(13-18-12-14(2)3)15-10-8-7-9-11-15/h7-11,14,16,18H,6,12-13H2,1-5H3. The van der Waals surface area contributed by atoms with Crippen molar-refractivity contribution in [2.24, 2.45) is 5.92 Å². The average molecular weight is 263 g/mol. The average Bonchev–Trinajstić information content (AvgIpc) is 2.38. The third kappa shape index (κ3) is 6.22.